The lowest BCUT2D eigenvalue weighted by Gasteiger charge is -2.02. The highest BCUT2D eigenvalue weighted by molar-refractivity contribution is 6.01. The van der Waals surface area contributed by atoms with Crippen LogP contribution < -0.4 is 11.1 Å². The zero-order valence-electron chi connectivity index (χ0n) is 6.95. The number of nitrogens with two attached hydrogens (primary N) is 1. The number of anilines is 1. The van der Waals surface area contributed by atoms with Gasteiger partial charge in [0.2, 0.25) is 6.41 Å². The highest BCUT2D eigenvalue weighted by Crippen LogP contribution is 2.20. The molecule has 0 saturated carbocycles. The molecule has 13 heavy (non-hydrogen) atoms. The molecule has 0 aromatic heterocycles. The van der Waals surface area contributed by atoms with Crippen LogP contribution in [0.5, 0.6) is 0 Å². The number of rotatable bonds is 2. The molecule has 1 amide bonds. The molecule has 3 N–H and O–H groups in total. The van der Waals surface area contributed by atoms with E-state index in [9.17, 15) is 4.79 Å². The lowest BCUT2D eigenvalue weighted by molar-refractivity contribution is -0.105. The van der Waals surface area contributed by atoms with Crippen LogP contribution in [0.4, 0.5) is 5.69 Å². The van der Waals surface area contributed by atoms with Crippen LogP contribution in [0.1, 0.15) is 11.1 Å². The maximum Gasteiger partial charge on any atom is 0.211 e. The lowest BCUT2D eigenvalue weighted by Crippen LogP contribution is -2.10. The highest BCUT2D eigenvalue weighted by atomic mass is 16.1. The molecule has 0 saturated heterocycles. The van der Waals surface area contributed by atoms with E-state index in [0.717, 1.165) is 16.8 Å². The maximum absolute atomic E-state index is 10.2. The van der Waals surface area contributed by atoms with E-state index < -0.39 is 0 Å². The van der Waals surface area contributed by atoms with Gasteiger partial charge in [0.05, 0.1) is 6.54 Å². The summed E-state index contributed by atoms with van der Waals surface area (Å²) < 4.78 is 0. The van der Waals surface area contributed by atoms with Crippen LogP contribution in [0.3, 0.4) is 0 Å². The second-order valence-corrected chi connectivity index (χ2v) is 2.84. The summed E-state index contributed by atoms with van der Waals surface area (Å²) >= 11 is 0. The molecule has 1 aliphatic heterocycles. The van der Waals surface area contributed by atoms with Crippen molar-refractivity contribution in [1.82, 2.24) is 0 Å². The van der Waals surface area contributed by atoms with Gasteiger partial charge in [0.15, 0.2) is 0 Å². The number of aliphatic imine (C=N–C) groups is 1. The fourth-order valence-corrected chi connectivity index (χ4v) is 1.39. The van der Waals surface area contributed by atoms with Crippen molar-refractivity contribution in [3.8, 4) is 0 Å². The Kier molecular flexibility index (Phi) is 1.73. The number of hydrogen-bond acceptors (Lipinski definition) is 3. The number of benzene rings is 1. The number of amides is 1. The number of carbonyl (C=O) groups is 1. The van der Waals surface area contributed by atoms with Crippen LogP contribution in [0, 0.1) is 0 Å². The molecule has 1 heterocycles. The van der Waals surface area contributed by atoms with E-state index in [2.05, 4.69) is 10.3 Å². The Morgan fingerprint density at radius 3 is 3.15 bits per heavy atom. The van der Waals surface area contributed by atoms with Crippen LogP contribution in [0.15, 0.2) is 23.2 Å². The van der Waals surface area contributed by atoms with Crippen LogP contribution in [0.25, 0.3) is 0 Å². The summed E-state index contributed by atoms with van der Waals surface area (Å²) in [6.07, 6.45) is 0.654. The van der Waals surface area contributed by atoms with E-state index >= 15 is 0 Å². The van der Waals surface area contributed by atoms with E-state index in [1.165, 1.54) is 0 Å². The maximum atomic E-state index is 10.2. The Morgan fingerprint density at radius 1 is 1.54 bits per heavy atom. The number of nitrogens with zero attached hydrogens (tertiary/aromatic N) is 1. The van der Waals surface area contributed by atoms with Gasteiger partial charge in [0.1, 0.15) is 5.84 Å². The summed E-state index contributed by atoms with van der Waals surface area (Å²) in [5.41, 5.74) is 8.44. The molecule has 0 aliphatic carbocycles. The smallest absolute Gasteiger partial charge is 0.211 e. The SMILES string of the molecule is NC1=NCc2cc(NC=O)ccc21. The summed E-state index contributed by atoms with van der Waals surface area (Å²) in [4.78, 5) is 14.3. The molecular weight excluding hydrogens is 166 g/mol. The third-order valence-electron chi connectivity index (χ3n) is 2.03. The van der Waals surface area contributed by atoms with Crippen molar-refractivity contribution < 1.29 is 4.79 Å². The Balaban J connectivity index is 2.37. The Morgan fingerprint density at radius 2 is 2.38 bits per heavy atom. The number of hydrogen-bond donors (Lipinski definition) is 2. The van der Waals surface area contributed by atoms with Crippen molar-refractivity contribution in [2.45, 2.75) is 6.54 Å². The third-order valence-corrected chi connectivity index (χ3v) is 2.03. The molecule has 4 nitrogen and oxygen atoms in total. The first-order valence-corrected chi connectivity index (χ1v) is 3.94. The standard InChI is InChI=1S/C9H9N3O/c10-9-8-2-1-7(12-5-13)3-6(8)4-11-9/h1-3,5H,4H2,(H2,10,11)(H,12,13). The van der Waals surface area contributed by atoms with Gasteiger partial charge in [-0.25, -0.2) is 0 Å². The first kappa shape index (κ1) is 7.79. The van der Waals surface area contributed by atoms with E-state index in [0.29, 0.717) is 18.8 Å². The Bertz CT molecular complexity index is 384. The molecule has 0 fully saturated rings. The minimum absolute atomic E-state index is 0.577. The van der Waals surface area contributed by atoms with Gasteiger partial charge < -0.3 is 11.1 Å². The average molecular weight is 175 g/mol. The van der Waals surface area contributed by atoms with Gasteiger partial charge in [0.25, 0.3) is 0 Å². The second-order valence-electron chi connectivity index (χ2n) is 2.84. The van der Waals surface area contributed by atoms with Crippen LogP contribution in [0.2, 0.25) is 0 Å². The van der Waals surface area contributed by atoms with Gasteiger partial charge in [-0.05, 0) is 23.8 Å². The van der Waals surface area contributed by atoms with E-state index in [1.807, 2.05) is 12.1 Å². The minimum Gasteiger partial charge on any atom is -0.383 e. The van der Waals surface area contributed by atoms with Gasteiger partial charge in [0, 0.05) is 11.3 Å². The van der Waals surface area contributed by atoms with E-state index in [-0.39, 0.29) is 0 Å². The molecule has 0 bridgehead atoms. The van der Waals surface area contributed by atoms with Crippen molar-refractivity contribution in [1.29, 1.82) is 0 Å². The predicted molar refractivity (Wildman–Crippen MR) is 50.6 cm³/mol. The zero-order chi connectivity index (χ0) is 9.26. The molecule has 0 radical (unpaired) electrons. The van der Waals surface area contributed by atoms with Gasteiger partial charge in [-0.15, -0.1) is 0 Å². The lowest BCUT2D eigenvalue weighted by atomic mass is 10.1. The van der Waals surface area contributed by atoms with Gasteiger partial charge in [-0.3, -0.25) is 9.79 Å². The monoisotopic (exact) mass is 175 g/mol. The molecule has 0 spiro atoms. The molecule has 4 heteroatoms. The normalized spacial score (nSPS) is 13.4. The molecule has 1 aromatic carbocycles. The minimum atomic E-state index is 0.577. The van der Waals surface area contributed by atoms with Gasteiger partial charge >= 0.3 is 0 Å². The topological polar surface area (TPSA) is 67.5 Å². The summed E-state index contributed by atoms with van der Waals surface area (Å²) in [5.74, 6) is 0.577. The fraction of sp³-hybridized carbons (Fsp3) is 0.111. The van der Waals surface area contributed by atoms with Crippen molar-refractivity contribution in [2.75, 3.05) is 5.32 Å². The Hall–Kier alpha value is -1.84. The quantitative estimate of drug-likeness (QED) is 0.642. The van der Waals surface area contributed by atoms with Gasteiger partial charge in [-0.1, -0.05) is 0 Å². The second kappa shape index (κ2) is 2.90. The molecule has 66 valence electrons. The largest absolute Gasteiger partial charge is 0.383 e. The number of fused-ring (bicyclic) bond motifs is 1. The summed E-state index contributed by atoms with van der Waals surface area (Å²) in [7, 11) is 0. The summed E-state index contributed by atoms with van der Waals surface area (Å²) in [6, 6.07) is 5.56. The summed E-state index contributed by atoms with van der Waals surface area (Å²) in [5, 5.41) is 2.58. The Labute approximate surface area is 75.5 Å². The van der Waals surface area contributed by atoms with E-state index in [4.69, 9.17) is 5.73 Å². The fourth-order valence-electron chi connectivity index (χ4n) is 1.39. The van der Waals surface area contributed by atoms with Crippen molar-refractivity contribution in [3.63, 3.8) is 0 Å². The first-order chi connectivity index (χ1) is 6.31. The van der Waals surface area contributed by atoms with Crippen LogP contribution in [-0.2, 0) is 11.3 Å². The highest BCUT2D eigenvalue weighted by Gasteiger charge is 2.12. The number of amidine groups is 1. The molecule has 2 rings (SSSR count). The van der Waals surface area contributed by atoms with Crippen LogP contribution in [-0.4, -0.2) is 12.2 Å². The molecule has 1 aromatic rings. The van der Waals surface area contributed by atoms with Gasteiger partial charge in [-0.2, -0.15) is 0 Å². The average Bonchev–Trinajstić information content (AvgIpc) is 2.48. The summed E-state index contributed by atoms with van der Waals surface area (Å²) in [6.45, 7) is 0.607. The number of nitrogens with one attached hydrogen (secondary N) is 1. The first-order valence-electron chi connectivity index (χ1n) is 3.94. The van der Waals surface area contributed by atoms with Crippen molar-refractivity contribution in [3.05, 3.63) is 29.3 Å². The van der Waals surface area contributed by atoms with Crippen molar-refractivity contribution >= 4 is 17.9 Å². The zero-order valence-corrected chi connectivity index (χ0v) is 6.95. The third kappa shape index (κ3) is 1.26. The predicted octanol–water partition coefficient (Wildman–Crippen LogP) is 0.474. The van der Waals surface area contributed by atoms with Crippen molar-refractivity contribution in [2.24, 2.45) is 10.7 Å². The molecule has 0 atom stereocenters. The van der Waals surface area contributed by atoms with Crippen LogP contribution >= 0.6 is 0 Å². The molecule has 1 aliphatic rings. The van der Waals surface area contributed by atoms with E-state index in [1.54, 1.807) is 6.07 Å². The molecule has 0 unspecified atom stereocenters. The number of carbonyl (C=O) groups excluding carboxylic acids is 1. The molecular formula is C9H9N3O.